The zero-order valence-electron chi connectivity index (χ0n) is 23.6. The Bertz CT molecular complexity index is 1620. The minimum Gasteiger partial charge on any atom is -0.496 e. The molecule has 2 aromatic heterocycles. The summed E-state index contributed by atoms with van der Waals surface area (Å²) in [4.78, 5) is 41.4. The van der Waals surface area contributed by atoms with Crippen molar-refractivity contribution in [2.75, 3.05) is 12.4 Å². The zero-order valence-corrected chi connectivity index (χ0v) is 23.6. The lowest BCUT2D eigenvalue weighted by molar-refractivity contribution is -0.385. The fourth-order valence-corrected chi connectivity index (χ4v) is 5.79. The molecule has 212 valence electrons. The number of nitrogens with zero attached hydrogens (tertiary/aromatic N) is 3. The fourth-order valence-electron chi connectivity index (χ4n) is 5.79. The average molecular weight is 558 g/mol. The number of aromatic amines is 1. The van der Waals surface area contributed by atoms with Gasteiger partial charge in [0.05, 0.1) is 36.3 Å². The molecule has 11 nitrogen and oxygen atoms in total. The van der Waals surface area contributed by atoms with Crippen molar-refractivity contribution in [3.63, 3.8) is 0 Å². The molecular formula is C30H33N6O5+. The smallest absolute Gasteiger partial charge is 0.337 e. The molecule has 2 aliphatic rings. The number of benzene rings is 1. The van der Waals surface area contributed by atoms with Crippen molar-refractivity contribution in [2.45, 2.75) is 46.6 Å². The number of rotatable bonds is 7. The summed E-state index contributed by atoms with van der Waals surface area (Å²) in [7, 11) is 1.55. The average Bonchev–Trinajstić information content (AvgIpc) is 3.36. The lowest BCUT2D eigenvalue weighted by atomic mass is 9.66. The van der Waals surface area contributed by atoms with Crippen LogP contribution in [0.2, 0.25) is 0 Å². The van der Waals surface area contributed by atoms with E-state index >= 15 is 0 Å². The van der Waals surface area contributed by atoms with Gasteiger partial charge >= 0.3 is 11.6 Å². The summed E-state index contributed by atoms with van der Waals surface area (Å²) in [6.07, 6.45) is 6.74. The van der Waals surface area contributed by atoms with Gasteiger partial charge in [0.25, 0.3) is 5.82 Å². The number of amides is 1. The molecule has 3 heterocycles. The van der Waals surface area contributed by atoms with Gasteiger partial charge < -0.3 is 10.1 Å². The predicted octanol–water partition coefficient (Wildman–Crippen LogP) is 4.07. The highest BCUT2D eigenvalue weighted by Crippen LogP contribution is 2.47. The first kappa shape index (κ1) is 27.8. The number of ketones is 1. The molecule has 2 unspecified atom stereocenters. The maximum Gasteiger partial charge on any atom is 0.337 e. The number of anilines is 1. The van der Waals surface area contributed by atoms with Crippen LogP contribution in [0.3, 0.4) is 0 Å². The van der Waals surface area contributed by atoms with Crippen LogP contribution in [-0.4, -0.2) is 33.5 Å². The molecule has 3 N–H and O–H groups in total. The van der Waals surface area contributed by atoms with Gasteiger partial charge in [0, 0.05) is 35.4 Å². The Morgan fingerprint density at radius 2 is 2.05 bits per heavy atom. The molecule has 3 aromatic rings. The number of hydrogen-bond acceptors (Lipinski definition) is 7. The maximum atomic E-state index is 13.9. The van der Waals surface area contributed by atoms with Crippen LogP contribution in [-0.2, 0) is 16.1 Å². The number of hydrogen-bond donors (Lipinski definition) is 2. The van der Waals surface area contributed by atoms with E-state index in [9.17, 15) is 19.7 Å². The number of nitrogens with one attached hydrogen (secondary N) is 3. The Balaban J connectivity index is 1.61. The number of ether oxygens (including phenoxy) is 1. The van der Waals surface area contributed by atoms with Crippen molar-refractivity contribution in [3.05, 3.63) is 98.8 Å². The largest absolute Gasteiger partial charge is 0.496 e. The van der Waals surface area contributed by atoms with Gasteiger partial charge in [-0.3, -0.25) is 19.6 Å². The zero-order chi connectivity index (χ0) is 29.5. The molecule has 0 saturated heterocycles. The predicted molar refractivity (Wildman–Crippen MR) is 151 cm³/mol. The summed E-state index contributed by atoms with van der Waals surface area (Å²) < 4.78 is 7.06. The SMILES string of the molecule is COc1ccc(C2C(C(=O)Nc3cc(C)cc[nH+]3)=C(C)NC3=CC(C)(C)CC(=O)C32)cc1Cn1cc([N+](=O)[O-])cn1. The normalized spacial score (nSPS) is 19.6. The highest BCUT2D eigenvalue weighted by molar-refractivity contribution is 6.06. The monoisotopic (exact) mass is 557 g/mol. The van der Waals surface area contributed by atoms with Crippen molar-refractivity contribution in [1.29, 1.82) is 0 Å². The van der Waals surface area contributed by atoms with Crippen LogP contribution in [0, 0.1) is 28.4 Å². The number of methoxy groups -OCH3 is 1. The quantitative estimate of drug-likeness (QED) is 0.329. The molecule has 5 rings (SSSR count). The topological polar surface area (TPSA) is 143 Å². The van der Waals surface area contributed by atoms with Crippen molar-refractivity contribution >= 4 is 23.2 Å². The summed E-state index contributed by atoms with van der Waals surface area (Å²) >= 11 is 0. The molecule has 0 fully saturated rings. The van der Waals surface area contributed by atoms with Gasteiger partial charge in [-0.1, -0.05) is 26.0 Å². The molecule has 1 amide bonds. The molecule has 1 aliphatic heterocycles. The van der Waals surface area contributed by atoms with E-state index in [1.807, 2.05) is 52.0 Å². The third-order valence-corrected chi connectivity index (χ3v) is 7.51. The van der Waals surface area contributed by atoms with E-state index in [-0.39, 0.29) is 29.3 Å². The molecular weight excluding hydrogens is 524 g/mol. The van der Waals surface area contributed by atoms with Crippen LogP contribution in [0.1, 0.15) is 49.8 Å². The molecule has 0 bridgehead atoms. The van der Waals surface area contributed by atoms with Gasteiger partial charge in [0.2, 0.25) is 0 Å². The standard InChI is InChI=1S/C30H32N6O5/c1-17-8-9-31-25(10-17)34-29(38)26-18(2)33-22-12-30(3,4)13-23(37)28(22)27(26)19-6-7-24(41-5)20(11-19)15-35-16-21(14-32-35)36(39)40/h6-12,14,16,27-28,33H,13,15H2,1-5H3,(H,31,34,38)/p+1. The number of aromatic nitrogens is 3. The highest BCUT2D eigenvalue weighted by Gasteiger charge is 2.46. The van der Waals surface area contributed by atoms with Gasteiger partial charge in [-0.05, 0) is 48.6 Å². The summed E-state index contributed by atoms with van der Waals surface area (Å²) in [6, 6.07) is 9.30. The van der Waals surface area contributed by atoms with Gasteiger partial charge in [0.1, 0.15) is 23.9 Å². The van der Waals surface area contributed by atoms with E-state index in [1.165, 1.54) is 17.1 Å². The number of carbonyl (C=O) groups excluding carboxylic acids is 2. The highest BCUT2D eigenvalue weighted by atomic mass is 16.6. The number of aryl methyl sites for hydroxylation is 1. The lowest BCUT2D eigenvalue weighted by Crippen LogP contribution is -2.44. The number of fused-ring (bicyclic) bond motifs is 1. The van der Waals surface area contributed by atoms with Crippen molar-refractivity contribution < 1.29 is 24.2 Å². The van der Waals surface area contributed by atoms with Crippen molar-refractivity contribution in [1.82, 2.24) is 15.1 Å². The summed E-state index contributed by atoms with van der Waals surface area (Å²) in [6.45, 7) is 8.03. The molecule has 0 saturated carbocycles. The first-order valence-corrected chi connectivity index (χ1v) is 13.3. The number of nitro groups is 1. The molecule has 0 radical (unpaired) electrons. The second kappa shape index (κ2) is 10.6. The summed E-state index contributed by atoms with van der Waals surface area (Å²) in [5.41, 5.74) is 3.91. The Hall–Kier alpha value is -4.80. The Morgan fingerprint density at radius 3 is 2.73 bits per heavy atom. The van der Waals surface area contributed by atoms with Crippen LogP contribution in [0.5, 0.6) is 5.75 Å². The van der Waals surface area contributed by atoms with E-state index in [4.69, 9.17) is 4.74 Å². The third kappa shape index (κ3) is 5.60. The van der Waals surface area contributed by atoms with Crippen LogP contribution < -0.4 is 20.4 Å². The van der Waals surface area contributed by atoms with E-state index in [0.717, 1.165) is 16.8 Å². The van der Waals surface area contributed by atoms with Gasteiger partial charge in [0.15, 0.2) is 0 Å². The first-order valence-electron chi connectivity index (χ1n) is 13.3. The number of Topliss-reactive ketones (excluding diaryl/α,β-unsaturated/α-hetero) is 1. The Kier molecular flexibility index (Phi) is 7.20. The molecule has 1 aliphatic carbocycles. The number of pyridine rings is 1. The second-order valence-electron chi connectivity index (χ2n) is 11.3. The van der Waals surface area contributed by atoms with Crippen LogP contribution in [0.15, 0.2) is 72.0 Å². The van der Waals surface area contributed by atoms with Crippen molar-refractivity contribution in [2.24, 2.45) is 11.3 Å². The van der Waals surface area contributed by atoms with Gasteiger partial charge in [-0.2, -0.15) is 5.10 Å². The first-order chi connectivity index (χ1) is 19.5. The molecule has 41 heavy (non-hydrogen) atoms. The third-order valence-electron chi connectivity index (χ3n) is 7.51. The lowest BCUT2D eigenvalue weighted by Gasteiger charge is -2.41. The minimum atomic E-state index is -0.582. The minimum absolute atomic E-state index is 0.0463. The maximum absolute atomic E-state index is 13.9. The van der Waals surface area contributed by atoms with E-state index in [0.29, 0.717) is 34.8 Å². The van der Waals surface area contributed by atoms with E-state index < -0.39 is 16.8 Å². The summed E-state index contributed by atoms with van der Waals surface area (Å²) in [5.74, 6) is -0.326. The molecule has 2 atom stereocenters. The number of carbonyl (C=O) groups is 2. The Morgan fingerprint density at radius 1 is 1.27 bits per heavy atom. The van der Waals surface area contributed by atoms with Crippen LogP contribution >= 0.6 is 0 Å². The number of allylic oxidation sites excluding steroid dienone is 3. The van der Waals surface area contributed by atoms with Gasteiger partial charge in [-0.15, -0.1) is 0 Å². The van der Waals surface area contributed by atoms with E-state index in [2.05, 4.69) is 26.8 Å². The van der Waals surface area contributed by atoms with Crippen LogP contribution in [0.25, 0.3) is 0 Å². The molecule has 0 spiro atoms. The Labute approximate surface area is 237 Å². The molecule has 11 heteroatoms. The summed E-state index contributed by atoms with van der Waals surface area (Å²) in [5, 5.41) is 21.6. The van der Waals surface area contributed by atoms with Crippen molar-refractivity contribution in [3.8, 4) is 5.75 Å². The fraction of sp³-hybridized carbons (Fsp3) is 0.333. The van der Waals surface area contributed by atoms with E-state index in [1.54, 1.807) is 19.4 Å². The second-order valence-corrected chi connectivity index (χ2v) is 11.3. The van der Waals surface area contributed by atoms with Crippen LogP contribution in [0.4, 0.5) is 11.5 Å². The van der Waals surface area contributed by atoms with Gasteiger partial charge in [-0.25, -0.2) is 15.1 Å². The number of H-pyrrole nitrogens is 1. The molecule has 1 aromatic carbocycles.